The first-order valence-electron chi connectivity index (χ1n) is 5.43. The maximum atomic E-state index is 11.9. The number of ketones is 1. The van der Waals surface area contributed by atoms with Gasteiger partial charge in [-0.05, 0) is 31.2 Å². The second-order valence-electron chi connectivity index (χ2n) is 3.53. The lowest BCUT2D eigenvalue weighted by Gasteiger charge is -2.03. The van der Waals surface area contributed by atoms with Crippen molar-refractivity contribution >= 4 is 17.1 Å². The molecule has 1 aromatic carbocycles. The van der Waals surface area contributed by atoms with E-state index in [0.29, 0.717) is 18.6 Å². The topological polar surface area (TPSA) is 39.2 Å². The minimum atomic E-state index is 0.109. The summed E-state index contributed by atoms with van der Waals surface area (Å²) in [6.07, 6.45) is 2.15. The summed E-state index contributed by atoms with van der Waals surface area (Å²) in [6, 6.07) is 7.25. The molecule has 0 radical (unpaired) electrons. The zero-order chi connectivity index (χ0) is 12.1. The number of carbonyl (C=O) groups is 1. The van der Waals surface area contributed by atoms with Gasteiger partial charge in [-0.2, -0.15) is 0 Å². The van der Waals surface area contributed by atoms with Crippen molar-refractivity contribution in [2.45, 2.75) is 13.3 Å². The van der Waals surface area contributed by atoms with Crippen molar-refractivity contribution < 1.29 is 9.53 Å². The van der Waals surface area contributed by atoms with Crippen LogP contribution in [0.15, 0.2) is 36.0 Å². The fourth-order valence-corrected chi connectivity index (χ4v) is 2.09. The number of thiazole rings is 1. The van der Waals surface area contributed by atoms with Crippen LogP contribution in [-0.4, -0.2) is 17.4 Å². The fraction of sp³-hybridized carbons (Fsp3) is 0.231. The van der Waals surface area contributed by atoms with Crippen LogP contribution < -0.4 is 4.74 Å². The molecule has 0 aliphatic heterocycles. The first-order valence-corrected chi connectivity index (χ1v) is 6.31. The first kappa shape index (κ1) is 11.8. The molecule has 3 nitrogen and oxygen atoms in total. The molecule has 1 heterocycles. The molecule has 17 heavy (non-hydrogen) atoms. The number of benzene rings is 1. The number of hydrogen-bond donors (Lipinski definition) is 0. The second-order valence-corrected chi connectivity index (χ2v) is 4.50. The van der Waals surface area contributed by atoms with E-state index in [1.807, 2.05) is 19.1 Å². The van der Waals surface area contributed by atoms with Crippen LogP contribution in [0.3, 0.4) is 0 Å². The molecule has 0 aliphatic carbocycles. The average molecular weight is 247 g/mol. The van der Waals surface area contributed by atoms with Gasteiger partial charge in [0.15, 0.2) is 5.78 Å². The molecule has 0 aliphatic rings. The summed E-state index contributed by atoms with van der Waals surface area (Å²) in [5, 5.41) is 0. The van der Waals surface area contributed by atoms with Gasteiger partial charge < -0.3 is 4.74 Å². The van der Waals surface area contributed by atoms with Gasteiger partial charge in [0.05, 0.1) is 12.1 Å². The van der Waals surface area contributed by atoms with Crippen LogP contribution >= 0.6 is 11.3 Å². The van der Waals surface area contributed by atoms with Gasteiger partial charge >= 0.3 is 0 Å². The monoisotopic (exact) mass is 247 g/mol. The van der Waals surface area contributed by atoms with Gasteiger partial charge in [-0.25, -0.2) is 0 Å². The van der Waals surface area contributed by atoms with Crippen LogP contribution in [0.4, 0.5) is 0 Å². The Morgan fingerprint density at radius 1 is 1.35 bits per heavy atom. The van der Waals surface area contributed by atoms with Crippen molar-refractivity contribution in [3.8, 4) is 5.75 Å². The summed E-state index contributed by atoms with van der Waals surface area (Å²) in [6.45, 7) is 2.57. The molecule has 0 fully saturated rings. The van der Waals surface area contributed by atoms with Crippen molar-refractivity contribution in [3.63, 3.8) is 0 Å². The third-order valence-corrected chi connectivity index (χ3v) is 3.09. The van der Waals surface area contributed by atoms with E-state index in [4.69, 9.17) is 4.74 Å². The summed E-state index contributed by atoms with van der Waals surface area (Å²) in [5.41, 5.74) is 2.45. The number of carbonyl (C=O) groups excluding carboxylic acids is 1. The predicted molar refractivity (Wildman–Crippen MR) is 67.8 cm³/mol. The van der Waals surface area contributed by atoms with Gasteiger partial charge in [0.2, 0.25) is 0 Å². The predicted octanol–water partition coefficient (Wildman–Crippen LogP) is 2.97. The van der Waals surface area contributed by atoms with Gasteiger partial charge in [-0.3, -0.25) is 9.78 Å². The summed E-state index contributed by atoms with van der Waals surface area (Å²) in [4.78, 5) is 16.9. The highest BCUT2D eigenvalue weighted by atomic mass is 32.1. The maximum Gasteiger partial charge on any atom is 0.168 e. The molecule has 0 N–H and O–H groups in total. The van der Waals surface area contributed by atoms with Crippen LogP contribution in [0.1, 0.15) is 22.2 Å². The normalized spacial score (nSPS) is 10.2. The minimum absolute atomic E-state index is 0.109. The Balaban J connectivity index is 2.04. The lowest BCUT2D eigenvalue weighted by molar-refractivity contribution is 0.0993. The molecule has 4 heteroatoms. The molecule has 0 amide bonds. The highest BCUT2D eigenvalue weighted by Crippen LogP contribution is 2.15. The smallest absolute Gasteiger partial charge is 0.168 e. The molecule has 0 spiro atoms. The van der Waals surface area contributed by atoms with Crippen molar-refractivity contribution in [3.05, 3.63) is 46.4 Å². The van der Waals surface area contributed by atoms with E-state index < -0.39 is 0 Å². The van der Waals surface area contributed by atoms with E-state index in [-0.39, 0.29) is 5.78 Å². The summed E-state index contributed by atoms with van der Waals surface area (Å²) in [5.74, 6) is 0.902. The number of rotatable bonds is 5. The lowest BCUT2D eigenvalue weighted by atomic mass is 10.1. The minimum Gasteiger partial charge on any atom is -0.494 e. The van der Waals surface area contributed by atoms with E-state index in [9.17, 15) is 4.79 Å². The third kappa shape index (κ3) is 3.14. The zero-order valence-electron chi connectivity index (χ0n) is 9.55. The molecule has 1 aromatic heterocycles. The van der Waals surface area contributed by atoms with Crippen LogP contribution in [0.25, 0.3) is 0 Å². The number of nitrogens with zero attached hydrogens (tertiary/aromatic N) is 1. The van der Waals surface area contributed by atoms with Gasteiger partial charge in [-0.15, -0.1) is 11.3 Å². The van der Waals surface area contributed by atoms with E-state index in [0.717, 1.165) is 10.6 Å². The van der Waals surface area contributed by atoms with Gasteiger partial charge in [-0.1, -0.05) is 0 Å². The standard InChI is InChI=1S/C13H13NO2S/c1-2-16-11-5-3-10(4-6-11)13(15)7-12-8-14-9-17-12/h3-6,8-9H,2,7H2,1H3. The van der Waals surface area contributed by atoms with Crippen molar-refractivity contribution in [1.29, 1.82) is 0 Å². The Morgan fingerprint density at radius 3 is 2.71 bits per heavy atom. The number of Topliss-reactive ketones (excluding diaryl/α,β-unsaturated/α-hetero) is 1. The van der Waals surface area contributed by atoms with Crippen molar-refractivity contribution in [2.24, 2.45) is 0 Å². The Kier molecular flexibility index (Phi) is 3.88. The molecule has 0 bridgehead atoms. The van der Waals surface area contributed by atoms with E-state index >= 15 is 0 Å². The Labute approximate surface area is 104 Å². The lowest BCUT2D eigenvalue weighted by Crippen LogP contribution is -2.02. The Hall–Kier alpha value is -1.68. The highest BCUT2D eigenvalue weighted by Gasteiger charge is 2.08. The van der Waals surface area contributed by atoms with Gasteiger partial charge in [0, 0.05) is 23.1 Å². The summed E-state index contributed by atoms with van der Waals surface area (Å²) < 4.78 is 5.33. The number of aromatic nitrogens is 1. The number of ether oxygens (including phenoxy) is 1. The fourth-order valence-electron chi connectivity index (χ4n) is 1.49. The van der Waals surface area contributed by atoms with Crippen molar-refractivity contribution in [2.75, 3.05) is 6.61 Å². The van der Waals surface area contributed by atoms with Crippen LogP contribution in [-0.2, 0) is 6.42 Å². The van der Waals surface area contributed by atoms with E-state index in [1.165, 1.54) is 11.3 Å². The average Bonchev–Trinajstić information content (AvgIpc) is 2.83. The van der Waals surface area contributed by atoms with Crippen LogP contribution in [0, 0.1) is 0 Å². The Morgan fingerprint density at radius 2 is 2.12 bits per heavy atom. The molecular weight excluding hydrogens is 234 g/mol. The van der Waals surface area contributed by atoms with Gasteiger partial charge in [0.1, 0.15) is 5.75 Å². The Bertz CT molecular complexity index is 477. The molecule has 0 saturated heterocycles. The molecule has 0 atom stereocenters. The highest BCUT2D eigenvalue weighted by molar-refractivity contribution is 7.09. The third-order valence-electron chi connectivity index (χ3n) is 2.31. The quantitative estimate of drug-likeness (QED) is 0.762. The summed E-state index contributed by atoms with van der Waals surface area (Å²) >= 11 is 1.50. The zero-order valence-corrected chi connectivity index (χ0v) is 10.4. The maximum absolute atomic E-state index is 11.9. The SMILES string of the molecule is CCOc1ccc(C(=O)Cc2cncs2)cc1. The largest absolute Gasteiger partial charge is 0.494 e. The second kappa shape index (κ2) is 5.59. The van der Waals surface area contributed by atoms with Crippen molar-refractivity contribution in [1.82, 2.24) is 4.98 Å². The molecule has 2 aromatic rings. The van der Waals surface area contributed by atoms with Crippen LogP contribution in [0.5, 0.6) is 5.75 Å². The molecule has 88 valence electrons. The molecule has 0 unspecified atom stereocenters. The van der Waals surface area contributed by atoms with E-state index in [1.54, 1.807) is 23.8 Å². The molecule has 0 saturated carbocycles. The first-order chi connectivity index (χ1) is 8.29. The van der Waals surface area contributed by atoms with Crippen LogP contribution in [0.2, 0.25) is 0 Å². The van der Waals surface area contributed by atoms with Gasteiger partial charge in [0.25, 0.3) is 0 Å². The molecular formula is C13H13NO2S. The number of hydrogen-bond acceptors (Lipinski definition) is 4. The summed E-state index contributed by atoms with van der Waals surface area (Å²) in [7, 11) is 0. The molecule has 2 rings (SSSR count). The van der Waals surface area contributed by atoms with E-state index in [2.05, 4.69) is 4.98 Å².